The summed E-state index contributed by atoms with van der Waals surface area (Å²) < 4.78 is 25.1. The SMILES string of the molecule is COC[C@H]1CCCN1c1cc2cc(C(=O)O)ccc2nc1-c1cc2cc(F)ccc2o1. The van der Waals surface area contributed by atoms with Crippen LogP contribution in [0, 0.1) is 5.82 Å². The minimum absolute atomic E-state index is 0.187. The summed E-state index contributed by atoms with van der Waals surface area (Å²) in [5.41, 5.74) is 2.96. The number of fused-ring (bicyclic) bond motifs is 2. The smallest absolute Gasteiger partial charge is 0.335 e. The van der Waals surface area contributed by atoms with Gasteiger partial charge < -0.3 is 19.2 Å². The third-order valence-electron chi connectivity index (χ3n) is 5.80. The number of ether oxygens (including phenoxy) is 1. The zero-order valence-corrected chi connectivity index (χ0v) is 17.0. The van der Waals surface area contributed by atoms with Crippen molar-refractivity contribution in [2.24, 2.45) is 0 Å². The Morgan fingerprint density at radius 1 is 1.23 bits per heavy atom. The summed E-state index contributed by atoms with van der Waals surface area (Å²) in [6.45, 7) is 1.42. The maximum atomic E-state index is 13.7. The lowest BCUT2D eigenvalue weighted by Gasteiger charge is -2.28. The van der Waals surface area contributed by atoms with Gasteiger partial charge in [-0.05, 0) is 61.4 Å². The molecular formula is C24H21FN2O4. The van der Waals surface area contributed by atoms with E-state index in [-0.39, 0.29) is 17.4 Å². The zero-order valence-electron chi connectivity index (χ0n) is 17.0. The van der Waals surface area contributed by atoms with Crippen LogP contribution in [0.15, 0.2) is 52.9 Å². The van der Waals surface area contributed by atoms with Crippen molar-refractivity contribution in [3.05, 3.63) is 59.9 Å². The Kier molecular flexibility index (Phi) is 4.82. The number of nitrogens with zero attached hydrogens (tertiary/aromatic N) is 2. The number of halogens is 1. The molecule has 158 valence electrons. The van der Waals surface area contributed by atoms with Gasteiger partial charge in [0.05, 0.1) is 29.4 Å². The highest BCUT2D eigenvalue weighted by atomic mass is 19.1. The molecule has 31 heavy (non-hydrogen) atoms. The molecule has 0 bridgehead atoms. The van der Waals surface area contributed by atoms with Crippen molar-refractivity contribution in [3.63, 3.8) is 0 Å². The first kappa shape index (κ1) is 19.5. The Balaban J connectivity index is 1.72. The first-order valence-electron chi connectivity index (χ1n) is 10.2. The second-order valence-electron chi connectivity index (χ2n) is 7.81. The van der Waals surface area contributed by atoms with Gasteiger partial charge in [0.25, 0.3) is 0 Å². The number of carboxylic acids is 1. The highest BCUT2D eigenvalue weighted by Gasteiger charge is 2.28. The average molecular weight is 420 g/mol. The number of carbonyl (C=O) groups is 1. The van der Waals surface area contributed by atoms with E-state index >= 15 is 0 Å². The molecule has 1 saturated heterocycles. The molecule has 3 heterocycles. The predicted octanol–water partition coefficient (Wildman–Crippen LogP) is 5.10. The van der Waals surface area contributed by atoms with Crippen LogP contribution in [-0.4, -0.2) is 42.4 Å². The predicted molar refractivity (Wildman–Crippen MR) is 116 cm³/mol. The molecule has 7 heteroatoms. The monoisotopic (exact) mass is 420 g/mol. The molecule has 1 aliphatic heterocycles. The highest BCUT2D eigenvalue weighted by Crippen LogP contribution is 2.38. The van der Waals surface area contributed by atoms with E-state index in [9.17, 15) is 14.3 Å². The fourth-order valence-electron chi connectivity index (χ4n) is 4.35. The summed E-state index contributed by atoms with van der Waals surface area (Å²) in [5, 5.41) is 10.8. The molecule has 1 aliphatic rings. The van der Waals surface area contributed by atoms with Crippen LogP contribution in [0.3, 0.4) is 0 Å². The van der Waals surface area contributed by atoms with Gasteiger partial charge in [-0.15, -0.1) is 0 Å². The molecule has 2 aromatic heterocycles. The summed E-state index contributed by atoms with van der Waals surface area (Å²) >= 11 is 0. The van der Waals surface area contributed by atoms with Gasteiger partial charge in [0.15, 0.2) is 5.76 Å². The van der Waals surface area contributed by atoms with Crippen LogP contribution in [0.25, 0.3) is 33.3 Å². The molecule has 0 radical (unpaired) electrons. The van der Waals surface area contributed by atoms with E-state index in [2.05, 4.69) is 4.90 Å². The number of aromatic nitrogens is 1. The van der Waals surface area contributed by atoms with Gasteiger partial charge in [0.2, 0.25) is 0 Å². The van der Waals surface area contributed by atoms with Crippen molar-refractivity contribution in [3.8, 4) is 11.5 Å². The fourth-order valence-corrected chi connectivity index (χ4v) is 4.35. The lowest BCUT2D eigenvalue weighted by molar-refractivity contribution is 0.0697. The number of aromatic carboxylic acids is 1. The van der Waals surface area contributed by atoms with Gasteiger partial charge in [-0.2, -0.15) is 0 Å². The molecule has 1 atom stereocenters. The van der Waals surface area contributed by atoms with Crippen LogP contribution < -0.4 is 4.90 Å². The topological polar surface area (TPSA) is 75.8 Å². The molecular weight excluding hydrogens is 399 g/mol. The number of rotatable bonds is 5. The maximum Gasteiger partial charge on any atom is 0.335 e. The summed E-state index contributed by atoms with van der Waals surface area (Å²) in [4.78, 5) is 18.5. The number of methoxy groups -OCH3 is 1. The molecule has 1 fully saturated rings. The Morgan fingerprint density at radius 2 is 2.10 bits per heavy atom. The van der Waals surface area contributed by atoms with Crippen molar-refractivity contribution in [1.29, 1.82) is 0 Å². The van der Waals surface area contributed by atoms with Crippen LogP contribution in [0.5, 0.6) is 0 Å². The Bertz CT molecular complexity index is 1300. The van der Waals surface area contributed by atoms with E-state index in [1.54, 1.807) is 37.4 Å². The Hall–Kier alpha value is -3.45. The standard InChI is InChI=1S/C24H21FN2O4/c1-30-13-18-3-2-8-27(18)20-11-15-9-14(24(28)29)4-6-19(15)26-23(20)22-12-16-10-17(25)5-7-21(16)31-22/h4-7,9-12,18H,2-3,8,13H2,1H3,(H,28,29)/t18-/m1/s1. The fraction of sp³-hybridized carbons (Fsp3) is 0.250. The Morgan fingerprint density at radius 3 is 2.90 bits per heavy atom. The second-order valence-corrected chi connectivity index (χ2v) is 7.81. The normalized spacial score (nSPS) is 16.5. The number of pyridine rings is 1. The largest absolute Gasteiger partial charge is 0.478 e. The van der Waals surface area contributed by atoms with Crippen molar-refractivity contribution in [1.82, 2.24) is 4.98 Å². The average Bonchev–Trinajstić information content (AvgIpc) is 3.39. The van der Waals surface area contributed by atoms with Crippen molar-refractivity contribution >= 4 is 33.5 Å². The molecule has 5 rings (SSSR count). The van der Waals surface area contributed by atoms with Gasteiger partial charge in [-0.3, -0.25) is 0 Å². The van der Waals surface area contributed by atoms with Gasteiger partial charge in [0, 0.05) is 24.4 Å². The summed E-state index contributed by atoms with van der Waals surface area (Å²) in [7, 11) is 1.68. The number of anilines is 1. The molecule has 2 aromatic carbocycles. The van der Waals surface area contributed by atoms with Crippen molar-refractivity contribution in [2.75, 3.05) is 25.2 Å². The lowest BCUT2D eigenvalue weighted by Crippen LogP contribution is -2.33. The van der Waals surface area contributed by atoms with E-state index in [1.165, 1.54) is 12.1 Å². The van der Waals surface area contributed by atoms with E-state index in [0.29, 0.717) is 34.5 Å². The summed E-state index contributed by atoms with van der Waals surface area (Å²) in [6.07, 6.45) is 2.01. The van der Waals surface area contributed by atoms with Gasteiger partial charge >= 0.3 is 5.97 Å². The zero-order chi connectivity index (χ0) is 21.5. The number of furan rings is 1. The van der Waals surface area contributed by atoms with Gasteiger partial charge in [0.1, 0.15) is 17.1 Å². The van der Waals surface area contributed by atoms with E-state index in [4.69, 9.17) is 14.1 Å². The summed E-state index contributed by atoms with van der Waals surface area (Å²) in [6, 6.07) is 13.2. The molecule has 0 amide bonds. The first-order valence-corrected chi connectivity index (χ1v) is 10.2. The van der Waals surface area contributed by atoms with E-state index in [1.807, 2.05) is 6.07 Å². The van der Waals surface area contributed by atoms with Crippen molar-refractivity contribution in [2.45, 2.75) is 18.9 Å². The number of hydrogen-bond acceptors (Lipinski definition) is 5. The van der Waals surface area contributed by atoms with E-state index in [0.717, 1.165) is 30.5 Å². The van der Waals surface area contributed by atoms with Crippen LogP contribution in [0.4, 0.5) is 10.1 Å². The second kappa shape index (κ2) is 7.67. The third kappa shape index (κ3) is 3.51. The molecule has 0 aliphatic carbocycles. The van der Waals surface area contributed by atoms with Crippen LogP contribution in [-0.2, 0) is 4.74 Å². The molecule has 0 unspecified atom stereocenters. The highest BCUT2D eigenvalue weighted by molar-refractivity contribution is 5.96. The number of hydrogen-bond donors (Lipinski definition) is 1. The third-order valence-corrected chi connectivity index (χ3v) is 5.80. The van der Waals surface area contributed by atoms with E-state index < -0.39 is 5.97 Å². The first-order chi connectivity index (χ1) is 15.0. The minimum Gasteiger partial charge on any atom is -0.478 e. The van der Waals surface area contributed by atoms with Gasteiger partial charge in [-0.1, -0.05) is 0 Å². The minimum atomic E-state index is -0.981. The van der Waals surface area contributed by atoms with Crippen LogP contribution in [0.2, 0.25) is 0 Å². The summed E-state index contributed by atoms with van der Waals surface area (Å²) in [5.74, 6) is -0.763. The molecule has 0 saturated carbocycles. The van der Waals surface area contributed by atoms with Gasteiger partial charge in [-0.25, -0.2) is 14.2 Å². The maximum absolute atomic E-state index is 13.7. The Labute approximate surface area is 177 Å². The van der Waals surface area contributed by atoms with Crippen LogP contribution in [0.1, 0.15) is 23.2 Å². The molecule has 4 aromatic rings. The molecule has 1 N–H and O–H groups in total. The molecule has 6 nitrogen and oxygen atoms in total. The lowest BCUT2D eigenvalue weighted by atomic mass is 10.1. The molecule has 0 spiro atoms. The number of carboxylic acid groups (broad SMARTS) is 1. The number of benzene rings is 2. The van der Waals surface area contributed by atoms with Crippen molar-refractivity contribution < 1.29 is 23.4 Å². The van der Waals surface area contributed by atoms with Crippen LogP contribution >= 0.6 is 0 Å². The quantitative estimate of drug-likeness (QED) is 0.484.